The van der Waals surface area contributed by atoms with Gasteiger partial charge in [0.2, 0.25) is 0 Å². The number of amidine groups is 1. The third kappa shape index (κ3) is 4.86. The molecule has 1 amide bonds. The van der Waals surface area contributed by atoms with Crippen molar-refractivity contribution in [1.29, 1.82) is 0 Å². The molecule has 0 aromatic heterocycles. The molecule has 0 bridgehead atoms. The molecule has 0 unspecified atom stereocenters. The molecule has 0 spiro atoms. The number of amides is 1. The smallest absolute Gasteiger partial charge is 0.264 e. The van der Waals surface area contributed by atoms with Gasteiger partial charge in [-0.2, -0.15) is 0 Å². The van der Waals surface area contributed by atoms with Crippen LogP contribution < -0.4 is 19.5 Å². The number of aliphatic imine (C=N–C) groups is 1. The lowest BCUT2D eigenvalue weighted by Crippen LogP contribution is -2.19. The second-order valence-electron chi connectivity index (χ2n) is 6.26. The number of nitrogens with one attached hydrogen (secondary N) is 1. The zero-order chi connectivity index (χ0) is 20.1. The molecule has 0 atom stereocenters. The Kier molecular flexibility index (Phi) is 6.26. The van der Waals surface area contributed by atoms with Gasteiger partial charge in [-0.05, 0) is 73.6 Å². The lowest BCUT2D eigenvalue weighted by molar-refractivity contribution is -0.115. The first-order valence-electron chi connectivity index (χ1n) is 8.77. The summed E-state index contributed by atoms with van der Waals surface area (Å²) in [6.45, 7) is 3.91. The normalized spacial score (nSPS) is 16.5. The Labute approximate surface area is 168 Å². The molecule has 1 saturated heterocycles. The van der Waals surface area contributed by atoms with Gasteiger partial charge in [0.05, 0.1) is 30.9 Å². The van der Waals surface area contributed by atoms with Crippen molar-refractivity contribution in [2.75, 3.05) is 14.2 Å². The molecule has 1 heterocycles. The Morgan fingerprint density at radius 2 is 1.79 bits per heavy atom. The molecular weight excluding hydrogens is 376 g/mol. The van der Waals surface area contributed by atoms with E-state index in [4.69, 9.17) is 14.2 Å². The van der Waals surface area contributed by atoms with Crippen molar-refractivity contribution in [3.05, 3.63) is 52.9 Å². The molecule has 3 rings (SSSR count). The minimum atomic E-state index is -0.182. The Balaban J connectivity index is 1.79. The van der Waals surface area contributed by atoms with E-state index in [1.807, 2.05) is 56.3 Å². The summed E-state index contributed by atoms with van der Waals surface area (Å²) in [6.07, 6.45) is 1.85. The van der Waals surface area contributed by atoms with Crippen LogP contribution in [0.1, 0.15) is 19.4 Å². The van der Waals surface area contributed by atoms with Gasteiger partial charge in [0.25, 0.3) is 5.91 Å². The number of ether oxygens (including phenoxy) is 3. The van der Waals surface area contributed by atoms with E-state index in [1.165, 1.54) is 11.8 Å². The summed E-state index contributed by atoms with van der Waals surface area (Å²) in [5.41, 5.74) is 1.58. The van der Waals surface area contributed by atoms with E-state index in [2.05, 4.69) is 10.3 Å². The maximum absolute atomic E-state index is 12.3. The molecule has 2 aromatic carbocycles. The van der Waals surface area contributed by atoms with Crippen LogP contribution in [0.3, 0.4) is 0 Å². The van der Waals surface area contributed by atoms with E-state index >= 15 is 0 Å². The zero-order valence-corrected chi connectivity index (χ0v) is 17.0. The number of benzene rings is 2. The second kappa shape index (κ2) is 8.84. The van der Waals surface area contributed by atoms with E-state index in [-0.39, 0.29) is 12.0 Å². The molecule has 1 aliphatic heterocycles. The van der Waals surface area contributed by atoms with Crippen LogP contribution in [0.2, 0.25) is 0 Å². The van der Waals surface area contributed by atoms with E-state index in [9.17, 15) is 4.79 Å². The van der Waals surface area contributed by atoms with Crippen LogP contribution >= 0.6 is 11.8 Å². The van der Waals surface area contributed by atoms with Gasteiger partial charge < -0.3 is 19.5 Å². The highest BCUT2D eigenvalue weighted by Gasteiger charge is 2.24. The number of hydrogen-bond acceptors (Lipinski definition) is 6. The number of hydrogen-bond donors (Lipinski definition) is 1. The van der Waals surface area contributed by atoms with Crippen LogP contribution in [0.5, 0.6) is 17.2 Å². The summed E-state index contributed by atoms with van der Waals surface area (Å²) < 4.78 is 16.3. The highest BCUT2D eigenvalue weighted by atomic mass is 32.2. The van der Waals surface area contributed by atoms with Gasteiger partial charge >= 0.3 is 0 Å². The number of nitrogens with zero attached hydrogens (tertiary/aromatic N) is 1. The molecule has 1 N–H and O–H groups in total. The van der Waals surface area contributed by atoms with Crippen LogP contribution in [0.4, 0.5) is 5.69 Å². The summed E-state index contributed by atoms with van der Waals surface area (Å²) in [6, 6.07) is 12.9. The number of carbonyl (C=O) groups excluding carboxylic acids is 1. The Hall–Kier alpha value is -2.93. The van der Waals surface area contributed by atoms with E-state index in [0.29, 0.717) is 21.6 Å². The van der Waals surface area contributed by atoms with Crippen molar-refractivity contribution in [2.45, 2.75) is 20.0 Å². The fraction of sp³-hybridized carbons (Fsp3) is 0.238. The highest BCUT2D eigenvalue weighted by molar-refractivity contribution is 8.18. The van der Waals surface area contributed by atoms with Crippen molar-refractivity contribution in [2.24, 2.45) is 4.99 Å². The topological polar surface area (TPSA) is 69.2 Å². The third-order valence-electron chi connectivity index (χ3n) is 3.80. The maximum Gasteiger partial charge on any atom is 0.264 e. The lowest BCUT2D eigenvalue weighted by Gasteiger charge is -2.13. The second-order valence-corrected chi connectivity index (χ2v) is 7.29. The molecule has 6 nitrogen and oxygen atoms in total. The monoisotopic (exact) mass is 398 g/mol. The van der Waals surface area contributed by atoms with Gasteiger partial charge in [-0.3, -0.25) is 4.79 Å². The van der Waals surface area contributed by atoms with Crippen LogP contribution in [0, 0.1) is 0 Å². The van der Waals surface area contributed by atoms with Crippen molar-refractivity contribution in [1.82, 2.24) is 5.32 Å². The lowest BCUT2D eigenvalue weighted by atomic mass is 10.2. The van der Waals surface area contributed by atoms with E-state index < -0.39 is 0 Å². The van der Waals surface area contributed by atoms with Gasteiger partial charge in [-0.25, -0.2) is 4.99 Å². The van der Waals surface area contributed by atoms with Crippen LogP contribution in [-0.4, -0.2) is 31.4 Å². The Morgan fingerprint density at radius 3 is 2.43 bits per heavy atom. The van der Waals surface area contributed by atoms with Gasteiger partial charge in [0.1, 0.15) is 5.75 Å². The molecule has 1 fully saturated rings. The van der Waals surface area contributed by atoms with Gasteiger partial charge in [-0.15, -0.1) is 0 Å². The van der Waals surface area contributed by atoms with Crippen LogP contribution in [-0.2, 0) is 4.79 Å². The average Bonchev–Trinajstić information content (AvgIpc) is 3.02. The molecule has 2 aromatic rings. The maximum atomic E-state index is 12.3. The van der Waals surface area contributed by atoms with Gasteiger partial charge in [-0.1, -0.05) is 6.07 Å². The zero-order valence-electron chi connectivity index (χ0n) is 16.2. The Bertz CT molecular complexity index is 921. The third-order valence-corrected chi connectivity index (χ3v) is 4.71. The molecule has 146 valence electrons. The number of thioether (sulfide) groups is 1. The quantitative estimate of drug-likeness (QED) is 0.731. The van der Waals surface area contributed by atoms with Crippen molar-refractivity contribution in [3.63, 3.8) is 0 Å². The van der Waals surface area contributed by atoms with Crippen molar-refractivity contribution < 1.29 is 19.0 Å². The summed E-state index contributed by atoms with van der Waals surface area (Å²) in [4.78, 5) is 17.3. The predicted molar refractivity (Wildman–Crippen MR) is 113 cm³/mol. The molecule has 0 saturated carbocycles. The van der Waals surface area contributed by atoms with E-state index in [0.717, 1.165) is 17.0 Å². The molecule has 7 heteroatoms. The van der Waals surface area contributed by atoms with Gasteiger partial charge in [0.15, 0.2) is 16.7 Å². The molecule has 1 aliphatic rings. The SMILES string of the molecule is COc1ccc(N=C2NC(=O)/C(=C\c3ccc(OC(C)C)c(OC)c3)S2)cc1. The molecule has 0 radical (unpaired) electrons. The number of rotatable bonds is 6. The Morgan fingerprint density at radius 1 is 1.04 bits per heavy atom. The summed E-state index contributed by atoms with van der Waals surface area (Å²) >= 11 is 1.29. The first-order chi connectivity index (χ1) is 13.5. The minimum Gasteiger partial charge on any atom is -0.497 e. The summed E-state index contributed by atoms with van der Waals surface area (Å²) in [7, 11) is 3.21. The molecule has 0 aliphatic carbocycles. The highest BCUT2D eigenvalue weighted by Crippen LogP contribution is 2.32. The molecule has 28 heavy (non-hydrogen) atoms. The summed E-state index contributed by atoms with van der Waals surface area (Å²) in [5.74, 6) is 1.87. The van der Waals surface area contributed by atoms with Crippen molar-refractivity contribution >= 4 is 34.6 Å². The number of carbonyl (C=O) groups is 1. The first kappa shape index (κ1) is 19.8. The van der Waals surface area contributed by atoms with Crippen LogP contribution in [0.25, 0.3) is 6.08 Å². The van der Waals surface area contributed by atoms with Crippen LogP contribution in [0.15, 0.2) is 52.4 Å². The fourth-order valence-electron chi connectivity index (χ4n) is 2.53. The molecular formula is C21H22N2O4S. The fourth-order valence-corrected chi connectivity index (χ4v) is 3.37. The first-order valence-corrected chi connectivity index (χ1v) is 9.58. The standard InChI is InChI=1S/C21H22N2O4S/c1-13(2)27-17-10-5-14(11-18(17)26-4)12-19-20(24)23-21(28-19)22-15-6-8-16(25-3)9-7-15/h5-13H,1-4H3,(H,22,23,24)/b19-12+. The largest absolute Gasteiger partial charge is 0.497 e. The average molecular weight is 398 g/mol. The summed E-state index contributed by atoms with van der Waals surface area (Å²) in [5, 5.41) is 3.32. The van der Waals surface area contributed by atoms with Gasteiger partial charge in [0, 0.05) is 0 Å². The number of methoxy groups -OCH3 is 2. The predicted octanol–water partition coefficient (Wildman–Crippen LogP) is 4.38. The minimum absolute atomic E-state index is 0.0472. The van der Waals surface area contributed by atoms with Crippen molar-refractivity contribution in [3.8, 4) is 17.2 Å². The van der Waals surface area contributed by atoms with E-state index in [1.54, 1.807) is 20.3 Å².